The highest BCUT2D eigenvalue weighted by molar-refractivity contribution is 5.85. The van der Waals surface area contributed by atoms with Crippen LogP contribution in [-0.4, -0.2) is 31.1 Å². The molecule has 1 aliphatic heterocycles. The molecule has 29 heavy (non-hydrogen) atoms. The lowest BCUT2D eigenvalue weighted by Gasteiger charge is -2.36. The lowest BCUT2D eigenvalue weighted by atomic mass is 9.95. The third-order valence-corrected chi connectivity index (χ3v) is 5.52. The van der Waals surface area contributed by atoms with E-state index in [0.29, 0.717) is 12.6 Å². The summed E-state index contributed by atoms with van der Waals surface area (Å²) in [5.74, 6) is 1.04. The van der Waals surface area contributed by atoms with Crippen LogP contribution in [-0.2, 0) is 6.61 Å². The number of hydrogen-bond acceptors (Lipinski definition) is 3. The van der Waals surface area contributed by atoms with Crippen molar-refractivity contribution in [2.75, 3.05) is 26.2 Å². The number of benzene rings is 2. The number of aryl methyl sites for hydroxylation is 2. The molecular formula is C24H36Cl2N2O. The van der Waals surface area contributed by atoms with Gasteiger partial charge in [-0.3, -0.25) is 4.90 Å². The largest absolute Gasteiger partial charge is 0.488 e. The van der Waals surface area contributed by atoms with Crippen LogP contribution in [0.3, 0.4) is 0 Å². The molecule has 0 saturated carbocycles. The van der Waals surface area contributed by atoms with Crippen molar-refractivity contribution in [2.24, 2.45) is 0 Å². The van der Waals surface area contributed by atoms with Gasteiger partial charge < -0.3 is 10.1 Å². The van der Waals surface area contributed by atoms with Crippen molar-refractivity contribution < 1.29 is 4.74 Å². The van der Waals surface area contributed by atoms with Gasteiger partial charge in [0.2, 0.25) is 0 Å². The van der Waals surface area contributed by atoms with E-state index in [9.17, 15) is 0 Å². The first kappa shape index (κ1) is 25.8. The van der Waals surface area contributed by atoms with E-state index in [2.05, 4.69) is 67.4 Å². The minimum Gasteiger partial charge on any atom is -0.488 e. The van der Waals surface area contributed by atoms with E-state index in [1.165, 1.54) is 41.5 Å². The van der Waals surface area contributed by atoms with Crippen molar-refractivity contribution in [2.45, 2.75) is 52.7 Å². The van der Waals surface area contributed by atoms with Gasteiger partial charge in [-0.25, -0.2) is 0 Å². The molecule has 0 radical (unpaired) electrons. The second kappa shape index (κ2) is 13.1. The monoisotopic (exact) mass is 438 g/mol. The highest BCUT2D eigenvalue weighted by Crippen LogP contribution is 2.33. The fourth-order valence-corrected chi connectivity index (χ4v) is 4.08. The Balaban J connectivity index is 0.00000210. The summed E-state index contributed by atoms with van der Waals surface area (Å²) in [6.07, 6.45) is 3.76. The Bertz CT molecular complexity index is 695. The van der Waals surface area contributed by atoms with Gasteiger partial charge >= 0.3 is 0 Å². The molecule has 162 valence electrons. The van der Waals surface area contributed by atoms with Gasteiger partial charge in [0.25, 0.3) is 0 Å². The summed E-state index contributed by atoms with van der Waals surface area (Å²) in [5.41, 5.74) is 5.16. The van der Waals surface area contributed by atoms with E-state index in [0.717, 1.165) is 31.9 Å². The van der Waals surface area contributed by atoms with Crippen LogP contribution in [0, 0.1) is 13.8 Å². The number of unbranched alkanes of at least 4 members (excludes halogenated alkanes) is 1. The fraction of sp³-hybridized carbons (Fsp3) is 0.500. The number of rotatable bonds is 8. The Morgan fingerprint density at radius 2 is 1.62 bits per heavy atom. The highest BCUT2D eigenvalue weighted by Gasteiger charge is 2.23. The topological polar surface area (TPSA) is 24.5 Å². The number of nitrogens with zero attached hydrogens (tertiary/aromatic N) is 1. The molecular weight excluding hydrogens is 403 g/mol. The molecule has 5 heteroatoms. The van der Waals surface area contributed by atoms with Crippen LogP contribution in [0.5, 0.6) is 5.75 Å². The molecule has 1 fully saturated rings. The molecule has 1 atom stereocenters. The first-order chi connectivity index (χ1) is 13.2. The van der Waals surface area contributed by atoms with Crippen molar-refractivity contribution >= 4 is 24.8 Å². The molecule has 0 bridgehead atoms. The van der Waals surface area contributed by atoms with Crippen molar-refractivity contribution in [1.82, 2.24) is 10.2 Å². The minimum absolute atomic E-state index is 0. The van der Waals surface area contributed by atoms with Gasteiger partial charge in [-0.05, 0) is 42.5 Å². The average Bonchev–Trinajstić information content (AvgIpc) is 2.69. The molecule has 0 aliphatic carbocycles. The van der Waals surface area contributed by atoms with Gasteiger partial charge in [-0.1, -0.05) is 62.2 Å². The molecule has 1 saturated heterocycles. The van der Waals surface area contributed by atoms with Gasteiger partial charge in [0, 0.05) is 32.2 Å². The molecule has 3 nitrogen and oxygen atoms in total. The maximum Gasteiger partial charge on any atom is 0.125 e. The average molecular weight is 439 g/mol. The third kappa shape index (κ3) is 7.18. The van der Waals surface area contributed by atoms with E-state index in [-0.39, 0.29) is 24.8 Å². The zero-order valence-electron chi connectivity index (χ0n) is 17.9. The zero-order valence-corrected chi connectivity index (χ0v) is 19.6. The summed E-state index contributed by atoms with van der Waals surface area (Å²) in [7, 11) is 0. The normalized spacial score (nSPS) is 15.1. The molecule has 0 aromatic heterocycles. The predicted molar refractivity (Wildman–Crippen MR) is 128 cm³/mol. The number of hydrogen-bond donors (Lipinski definition) is 1. The van der Waals surface area contributed by atoms with Crippen LogP contribution in [0.1, 0.15) is 54.5 Å². The number of nitrogens with one attached hydrogen (secondary N) is 1. The van der Waals surface area contributed by atoms with Crippen molar-refractivity contribution in [3.63, 3.8) is 0 Å². The second-order valence-electron chi connectivity index (χ2n) is 7.70. The number of ether oxygens (including phenoxy) is 1. The maximum absolute atomic E-state index is 6.19. The second-order valence-corrected chi connectivity index (χ2v) is 7.70. The SMILES string of the molecule is CCCC[C@@H](c1cc(C)c(OCc2ccccc2)c(C)c1)N1CCNCC1.Cl.Cl. The summed E-state index contributed by atoms with van der Waals surface area (Å²) >= 11 is 0. The molecule has 2 aromatic carbocycles. The van der Waals surface area contributed by atoms with Crippen molar-refractivity contribution in [3.05, 3.63) is 64.7 Å². The molecule has 0 spiro atoms. The summed E-state index contributed by atoms with van der Waals surface area (Å²) in [4.78, 5) is 2.66. The third-order valence-electron chi connectivity index (χ3n) is 5.52. The first-order valence-corrected chi connectivity index (χ1v) is 10.4. The van der Waals surface area contributed by atoms with E-state index in [4.69, 9.17) is 4.74 Å². The Hall–Kier alpha value is -1.26. The summed E-state index contributed by atoms with van der Waals surface area (Å²) < 4.78 is 6.19. The minimum atomic E-state index is 0. The Morgan fingerprint density at radius 3 is 2.21 bits per heavy atom. The smallest absolute Gasteiger partial charge is 0.125 e. The standard InChI is InChI=1S/C24H34N2O.2ClH/c1-4-5-11-23(26-14-12-25-13-15-26)22-16-19(2)24(20(3)17-22)27-18-21-9-7-6-8-10-21;;/h6-10,16-17,23,25H,4-5,11-15,18H2,1-3H3;2*1H/t23-;;/m0../s1. The van der Waals surface area contributed by atoms with E-state index >= 15 is 0 Å². The predicted octanol–water partition coefficient (Wildman–Crippen LogP) is 5.86. The van der Waals surface area contributed by atoms with Crippen LogP contribution in [0.4, 0.5) is 0 Å². The van der Waals surface area contributed by atoms with Crippen LogP contribution in [0.2, 0.25) is 0 Å². The summed E-state index contributed by atoms with van der Waals surface area (Å²) in [6, 6.07) is 15.6. The first-order valence-electron chi connectivity index (χ1n) is 10.4. The van der Waals surface area contributed by atoms with E-state index in [1.54, 1.807) is 0 Å². The fourth-order valence-electron chi connectivity index (χ4n) is 4.08. The molecule has 1 heterocycles. The molecule has 1 N–H and O–H groups in total. The Kier molecular flexibility index (Phi) is 11.7. The molecule has 0 amide bonds. The number of halogens is 2. The van der Waals surface area contributed by atoms with Crippen LogP contribution < -0.4 is 10.1 Å². The molecule has 0 unspecified atom stereocenters. The van der Waals surface area contributed by atoms with Crippen LogP contribution in [0.25, 0.3) is 0 Å². The van der Waals surface area contributed by atoms with Gasteiger partial charge in [-0.15, -0.1) is 24.8 Å². The zero-order chi connectivity index (χ0) is 19.1. The summed E-state index contributed by atoms with van der Waals surface area (Å²) in [5, 5.41) is 3.48. The van der Waals surface area contributed by atoms with Gasteiger partial charge in [0.15, 0.2) is 0 Å². The van der Waals surface area contributed by atoms with Gasteiger partial charge in [0.1, 0.15) is 12.4 Å². The lowest BCUT2D eigenvalue weighted by molar-refractivity contribution is 0.163. The highest BCUT2D eigenvalue weighted by atomic mass is 35.5. The molecule has 2 aromatic rings. The summed E-state index contributed by atoms with van der Waals surface area (Å²) in [6.45, 7) is 11.7. The van der Waals surface area contributed by atoms with Crippen molar-refractivity contribution in [1.29, 1.82) is 0 Å². The number of piperazine rings is 1. The quantitative estimate of drug-likeness (QED) is 0.557. The molecule has 3 rings (SSSR count). The Morgan fingerprint density at radius 1 is 1.00 bits per heavy atom. The van der Waals surface area contributed by atoms with E-state index < -0.39 is 0 Å². The molecule has 1 aliphatic rings. The van der Waals surface area contributed by atoms with Gasteiger partial charge in [-0.2, -0.15) is 0 Å². The van der Waals surface area contributed by atoms with Crippen LogP contribution in [0.15, 0.2) is 42.5 Å². The maximum atomic E-state index is 6.19. The van der Waals surface area contributed by atoms with Crippen molar-refractivity contribution in [3.8, 4) is 5.75 Å². The lowest BCUT2D eigenvalue weighted by Crippen LogP contribution is -2.45. The Labute approximate surface area is 189 Å². The van der Waals surface area contributed by atoms with E-state index in [1.807, 2.05) is 6.07 Å². The van der Waals surface area contributed by atoms with Gasteiger partial charge in [0.05, 0.1) is 0 Å². The van der Waals surface area contributed by atoms with Crippen LogP contribution >= 0.6 is 24.8 Å².